The summed E-state index contributed by atoms with van der Waals surface area (Å²) in [6.07, 6.45) is -0.871. The van der Waals surface area contributed by atoms with Crippen molar-refractivity contribution in [3.8, 4) is 0 Å². The summed E-state index contributed by atoms with van der Waals surface area (Å²) in [7, 11) is 0. The number of nitrogens with zero attached hydrogens (tertiary/aromatic N) is 5. The molecule has 146 valence electrons. The molecule has 1 aromatic heterocycles. The molecular formula is C21H15N7O2. The zero-order valence-electron chi connectivity index (χ0n) is 15.6. The maximum absolute atomic E-state index is 12.7. The SMILES string of the molecule is O=C(Nc1ccccc1NC(=O)n1nc2ccccc2n1)C1N=c2ccccc2=N1. The third-order valence-corrected chi connectivity index (χ3v) is 4.53. The van der Waals surface area contributed by atoms with Crippen LogP contribution in [0.5, 0.6) is 0 Å². The number of hydrogen-bond donors (Lipinski definition) is 2. The Morgan fingerprint density at radius 1 is 0.700 bits per heavy atom. The predicted molar refractivity (Wildman–Crippen MR) is 110 cm³/mol. The van der Waals surface area contributed by atoms with Gasteiger partial charge in [0.05, 0.1) is 22.1 Å². The fourth-order valence-corrected chi connectivity index (χ4v) is 3.11. The molecule has 9 nitrogen and oxygen atoms in total. The number of fused-ring (bicyclic) bond motifs is 2. The van der Waals surface area contributed by atoms with Crippen molar-refractivity contribution in [3.05, 3.63) is 83.5 Å². The molecule has 1 aliphatic heterocycles. The zero-order valence-corrected chi connectivity index (χ0v) is 15.6. The number of nitrogens with one attached hydrogen (secondary N) is 2. The third-order valence-electron chi connectivity index (χ3n) is 4.53. The van der Waals surface area contributed by atoms with E-state index in [1.54, 1.807) is 48.5 Å². The molecule has 3 aromatic carbocycles. The monoisotopic (exact) mass is 397 g/mol. The van der Waals surface area contributed by atoms with Gasteiger partial charge in [0.1, 0.15) is 11.0 Å². The number of carbonyl (C=O) groups excluding carboxylic acids is 2. The van der Waals surface area contributed by atoms with E-state index in [1.165, 1.54) is 0 Å². The standard InChI is InChI=1S/C21H15N7O2/c29-20(19-22-13-7-1-2-8-14(13)23-19)24-15-9-3-4-10-16(15)25-21(30)28-26-17-11-5-6-12-18(17)27-28/h1-12,19H,(H,24,29)(H,25,30). The summed E-state index contributed by atoms with van der Waals surface area (Å²) >= 11 is 0. The average molecular weight is 397 g/mol. The molecule has 0 unspecified atom stereocenters. The summed E-state index contributed by atoms with van der Waals surface area (Å²) in [5, 5.41) is 15.2. The molecule has 9 heteroatoms. The van der Waals surface area contributed by atoms with Gasteiger partial charge in [-0.15, -0.1) is 10.2 Å². The molecule has 1 aliphatic rings. The van der Waals surface area contributed by atoms with E-state index in [9.17, 15) is 9.59 Å². The van der Waals surface area contributed by atoms with E-state index < -0.39 is 18.1 Å². The van der Waals surface area contributed by atoms with E-state index in [2.05, 4.69) is 30.8 Å². The highest BCUT2D eigenvalue weighted by atomic mass is 16.2. The molecule has 0 bridgehead atoms. The molecule has 0 aliphatic carbocycles. The van der Waals surface area contributed by atoms with Crippen LogP contribution in [-0.2, 0) is 4.79 Å². The van der Waals surface area contributed by atoms with Crippen molar-refractivity contribution in [2.45, 2.75) is 6.17 Å². The number of anilines is 2. The van der Waals surface area contributed by atoms with Gasteiger partial charge in [-0.25, -0.2) is 14.8 Å². The number of benzene rings is 3. The van der Waals surface area contributed by atoms with Crippen LogP contribution in [0.25, 0.3) is 11.0 Å². The first-order valence-corrected chi connectivity index (χ1v) is 9.21. The summed E-state index contributed by atoms with van der Waals surface area (Å²) in [5.74, 6) is -0.393. The lowest BCUT2D eigenvalue weighted by molar-refractivity contribution is -0.117. The predicted octanol–water partition coefficient (Wildman–Crippen LogP) is 1.73. The lowest BCUT2D eigenvalue weighted by Crippen LogP contribution is -2.26. The van der Waals surface area contributed by atoms with Crippen LogP contribution in [0.2, 0.25) is 0 Å². The van der Waals surface area contributed by atoms with Crippen molar-refractivity contribution in [2.75, 3.05) is 10.6 Å². The van der Waals surface area contributed by atoms with Gasteiger partial charge in [-0.05, 0) is 36.4 Å². The second-order valence-corrected chi connectivity index (χ2v) is 6.56. The molecule has 2 N–H and O–H groups in total. The van der Waals surface area contributed by atoms with E-state index in [0.717, 1.165) is 4.80 Å². The molecule has 0 spiro atoms. The quantitative estimate of drug-likeness (QED) is 0.548. The molecule has 0 atom stereocenters. The minimum absolute atomic E-state index is 0.393. The Morgan fingerprint density at radius 2 is 1.20 bits per heavy atom. The van der Waals surface area contributed by atoms with Crippen molar-refractivity contribution in [1.29, 1.82) is 0 Å². The number of amides is 2. The Bertz CT molecular complexity index is 1340. The first-order chi connectivity index (χ1) is 14.7. The van der Waals surface area contributed by atoms with Gasteiger partial charge in [-0.2, -0.15) is 0 Å². The largest absolute Gasteiger partial charge is 0.363 e. The first-order valence-electron chi connectivity index (χ1n) is 9.21. The molecule has 0 saturated carbocycles. The number of carbonyl (C=O) groups is 2. The molecule has 0 radical (unpaired) electrons. The minimum atomic E-state index is -0.871. The van der Waals surface area contributed by atoms with Crippen LogP contribution >= 0.6 is 0 Å². The van der Waals surface area contributed by atoms with Crippen molar-refractivity contribution in [2.24, 2.45) is 9.98 Å². The van der Waals surface area contributed by atoms with Crippen molar-refractivity contribution < 1.29 is 9.59 Å². The van der Waals surface area contributed by atoms with Gasteiger partial charge in [0.25, 0.3) is 5.91 Å². The van der Waals surface area contributed by atoms with Gasteiger partial charge in [0.15, 0.2) is 0 Å². The van der Waals surface area contributed by atoms with Crippen LogP contribution in [0.3, 0.4) is 0 Å². The Balaban J connectivity index is 1.36. The highest BCUT2D eigenvalue weighted by Crippen LogP contribution is 2.22. The molecule has 4 aromatic rings. The van der Waals surface area contributed by atoms with E-state index in [-0.39, 0.29) is 0 Å². The Kier molecular flexibility index (Phi) is 4.25. The average Bonchev–Trinajstić information content (AvgIpc) is 3.39. The first kappa shape index (κ1) is 17.7. The highest BCUT2D eigenvalue weighted by Gasteiger charge is 2.21. The normalized spacial score (nSPS) is 12.7. The topological polar surface area (TPSA) is 114 Å². The van der Waals surface area contributed by atoms with Gasteiger partial charge in [-0.3, -0.25) is 4.79 Å². The van der Waals surface area contributed by atoms with E-state index in [0.29, 0.717) is 33.1 Å². The summed E-state index contributed by atoms with van der Waals surface area (Å²) in [6.45, 7) is 0. The maximum Gasteiger partial charge on any atom is 0.363 e. The van der Waals surface area contributed by atoms with E-state index in [4.69, 9.17) is 0 Å². The second kappa shape index (κ2) is 7.21. The fourth-order valence-electron chi connectivity index (χ4n) is 3.11. The summed E-state index contributed by atoms with van der Waals surface area (Å²) in [4.78, 5) is 34.9. The number of para-hydroxylation sites is 4. The lowest BCUT2D eigenvalue weighted by atomic mass is 10.2. The molecule has 5 rings (SSSR count). The van der Waals surface area contributed by atoms with Gasteiger partial charge in [0.2, 0.25) is 6.17 Å². The Hall–Kier alpha value is -4.40. The van der Waals surface area contributed by atoms with E-state index in [1.807, 2.05) is 24.3 Å². The van der Waals surface area contributed by atoms with Crippen LogP contribution in [0, 0.1) is 0 Å². The van der Waals surface area contributed by atoms with Crippen molar-refractivity contribution in [3.63, 3.8) is 0 Å². The third kappa shape index (κ3) is 3.28. The number of hydrogen-bond acceptors (Lipinski definition) is 6. The highest BCUT2D eigenvalue weighted by molar-refractivity contribution is 6.01. The van der Waals surface area contributed by atoms with Gasteiger partial charge < -0.3 is 10.6 Å². The van der Waals surface area contributed by atoms with Gasteiger partial charge >= 0.3 is 6.03 Å². The molecular weight excluding hydrogens is 382 g/mol. The van der Waals surface area contributed by atoms with E-state index >= 15 is 0 Å². The number of rotatable bonds is 3. The van der Waals surface area contributed by atoms with Crippen LogP contribution in [0.15, 0.2) is 82.8 Å². The van der Waals surface area contributed by atoms with Crippen LogP contribution in [-0.4, -0.2) is 33.1 Å². The smallest absolute Gasteiger partial charge is 0.321 e. The zero-order chi connectivity index (χ0) is 20.5. The van der Waals surface area contributed by atoms with Crippen LogP contribution < -0.4 is 21.3 Å². The molecule has 2 heterocycles. The summed E-state index contributed by atoms with van der Waals surface area (Å²) < 4.78 is 0. The summed E-state index contributed by atoms with van der Waals surface area (Å²) in [6, 6.07) is 20.8. The lowest BCUT2D eigenvalue weighted by Gasteiger charge is -2.12. The molecule has 0 fully saturated rings. The number of aromatic nitrogens is 3. The Labute approximate surface area is 169 Å². The maximum atomic E-state index is 12.7. The minimum Gasteiger partial charge on any atom is -0.321 e. The van der Waals surface area contributed by atoms with Crippen LogP contribution in [0.4, 0.5) is 16.2 Å². The fraction of sp³-hybridized carbons (Fsp3) is 0.0476. The van der Waals surface area contributed by atoms with Gasteiger partial charge in [0, 0.05) is 0 Å². The second-order valence-electron chi connectivity index (χ2n) is 6.56. The Morgan fingerprint density at radius 3 is 1.80 bits per heavy atom. The van der Waals surface area contributed by atoms with Crippen molar-refractivity contribution in [1.82, 2.24) is 15.0 Å². The molecule has 30 heavy (non-hydrogen) atoms. The van der Waals surface area contributed by atoms with Crippen molar-refractivity contribution >= 4 is 34.3 Å². The summed E-state index contributed by atoms with van der Waals surface area (Å²) in [5.41, 5.74) is 2.05. The molecule has 2 amide bonds. The molecule has 0 saturated heterocycles. The van der Waals surface area contributed by atoms with Crippen LogP contribution in [0.1, 0.15) is 0 Å². The van der Waals surface area contributed by atoms with Gasteiger partial charge in [-0.1, -0.05) is 41.2 Å².